The molecular formula is C27H39N5O6. The predicted molar refractivity (Wildman–Crippen MR) is 142 cm³/mol. The van der Waals surface area contributed by atoms with E-state index in [9.17, 15) is 19.2 Å². The first-order chi connectivity index (χ1) is 18.1. The van der Waals surface area contributed by atoms with Crippen LogP contribution in [0.2, 0.25) is 0 Å². The molecule has 0 radical (unpaired) electrons. The number of likely N-dealkylation sites (tertiary alicyclic amines) is 1. The standard InChI is InChI=1S/C27H39N5O6/c1-7-16(4)22-24(33)29-12-10-17-14-18(8-9-19(17)37-6)38-20-11-13-32(23(20)25(34)30-22)26(35)21(15(2)3)31-27(36)28-5/h8-10,12,14-16,20-23H,7,11,13H2,1-6H3,(H,29,33)(H,30,34)(H2,28,31,36)/t16-,20+,21+,22-,23-/m0/s1. The molecule has 0 saturated carbocycles. The normalized spacial score (nSPS) is 22.9. The highest BCUT2D eigenvalue weighted by atomic mass is 16.5. The zero-order chi connectivity index (χ0) is 28.0. The van der Waals surface area contributed by atoms with Crippen LogP contribution in [0.25, 0.3) is 6.08 Å². The third-order valence-electron chi connectivity index (χ3n) is 7.11. The molecule has 1 aromatic carbocycles. The van der Waals surface area contributed by atoms with Crippen LogP contribution in [0.5, 0.6) is 11.5 Å². The summed E-state index contributed by atoms with van der Waals surface area (Å²) >= 11 is 0. The minimum Gasteiger partial charge on any atom is -0.496 e. The van der Waals surface area contributed by atoms with Gasteiger partial charge in [-0.2, -0.15) is 0 Å². The molecule has 4 N–H and O–H groups in total. The number of fused-ring (bicyclic) bond motifs is 3. The molecule has 2 heterocycles. The molecule has 2 bridgehead atoms. The summed E-state index contributed by atoms with van der Waals surface area (Å²) in [7, 11) is 3.02. The SMILES string of the molecule is CC[C@H](C)[C@@H]1NC(=O)[C@@H]2[C@@H](CCN2C(=O)[C@H](NC(=O)NC)C(C)C)Oc2ccc(OC)c(c2)C=CNC1=O. The summed E-state index contributed by atoms with van der Waals surface area (Å²) in [4.78, 5) is 54.1. The third-order valence-corrected chi connectivity index (χ3v) is 7.11. The average Bonchev–Trinajstić information content (AvgIpc) is 3.32. The Balaban J connectivity index is 2.04. The lowest BCUT2D eigenvalue weighted by molar-refractivity contribution is -0.143. The van der Waals surface area contributed by atoms with Gasteiger partial charge >= 0.3 is 6.03 Å². The Hall–Kier alpha value is -3.76. The van der Waals surface area contributed by atoms with E-state index < -0.39 is 36.2 Å². The molecule has 3 rings (SSSR count). The first kappa shape index (κ1) is 28.8. The smallest absolute Gasteiger partial charge is 0.315 e. The number of carbonyl (C=O) groups is 4. The van der Waals surface area contributed by atoms with Crippen molar-refractivity contribution >= 4 is 29.8 Å². The van der Waals surface area contributed by atoms with Crippen molar-refractivity contribution in [2.45, 2.75) is 64.8 Å². The van der Waals surface area contributed by atoms with E-state index in [0.29, 0.717) is 29.9 Å². The molecule has 5 amide bonds. The molecule has 2 aliphatic rings. The van der Waals surface area contributed by atoms with Gasteiger partial charge in [0.2, 0.25) is 17.7 Å². The second-order valence-corrected chi connectivity index (χ2v) is 9.98. The fourth-order valence-corrected chi connectivity index (χ4v) is 4.69. The number of hydrogen-bond donors (Lipinski definition) is 4. The number of benzene rings is 1. The Morgan fingerprint density at radius 2 is 1.95 bits per heavy atom. The van der Waals surface area contributed by atoms with Gasteiger partial charge in [0.25, 0.3) is 0 Å². The summed E-state index contributed by atoms with van der Waals surface area (Å²) in [6.07, 6.45) is 3.59. The maximum atomic E-state index is 13.8. The Labute approximate surface area is 223 Å². The van der Waals surface area contributed by atoms with E-state index in [4.69, 9.17) is 9.47 Å². The minimum absolute atomic E-state index is 0.170. The van der Waals surface area contributed by atoms with Crippen molar-refractivity contribution in [1.29, 1.82) is 0 Å². The minimum atomic E-state index is -1.01. The van der Waals surface area contributed by atoms with Gasteiger partial charge in [-0.1, -0.05) is 34.1 Å². The number of hydrogen-bond acceptors (Lipinski definition) is 6. The Morgan fingerprint density at radius 1 is 1.21 bits per heavy atom. The number of carbonyl (C=O) groups excluding carboxylic acids is 4. The molecule has 1 saturated heterocycles. The number of urea groups is 1. The molecule has 0 aromatic heterocycles. The first-order valence-corrected chi connectivity index (χ1v) is 13.0. The van der Waals surface area contributed by atoms with E-state index in [2.05, 4.69) is 21.3 Å². The molecule has 1 fully saturated rings. The van der Waals surface area contributed by atoms with Crippen molar-refractivity contribution in [2.24, 2.45) is 11.8 Å². The van der Waals surface area contributed by atoms with Crippen LogP contribution in [0.3, 0.4) is 0 Å². The molecule has 0 unspecified atom stereocenters. The van der Waals surface area contributed by atoms with Crippen molar-refractivity contribution in [3.63, 3.8) is 0 Å². The third kappa shape index (κ3) is 6.38. The van der Waals surface area contributed by atoms with Crippen LogP contribution in [0, 0.1) is 11.8 Å². The van der Waals surface area contributed by atoms with Crippen molar-refractivity contribution in [3.8, 4) is 11.5 Å². The van der Waals surface area contributed by atoms with Gasteiger partial charge in [0, 0.05) is 31.8 Å². The largest absolute Gasteiger partial charge is 0.496 e. The van der Waals surface area contributed by atoms with Crippen LogP contribution in [-0.4, -0.2) is 73.6 Å². The zero-order valence-electron chi connectivity index (χ0n) is 22.9. The van der Waals surface area contributed by atoms with Gasteiger partial charge in [0.05, 0.1) is 7.11 Å². The molecule has 0 spiro atoms. The summed E-state index contributed by atoms with van der Waals surface area (Å²) in [6.45, 7) is 7.71. The lowest BCUT2D eigenvalue weighted by Crippen LogP contribution is -2.60. The lowest BCUT2D eigenvalue weighted by atomic mass is 9.97. The van der Waals surface area contributed by atoms with Gasteiger partial charge in [0.1, 0.15) is 35.7 Å². The van der Waals surface area contributed by atoms with Crippen LogP contribution in [0.1, 0.15) is 46.1 Å². The van der Waals surface area contributed by atoms with Crippen LogP contribution >= 0.6 is 0 Å². The molecule has 1 aromatic rings. The fraction of sp³-hybridized carbons (Fsp3) is 0.556. The van der Waals surface area contributed by atoms with Gasteiger partial charge < -0.3 is 35.6 Å². The molecule has 208 valence electrons. The van der Waals surface area contributed by atoms with Crippen molar-refractivity contribution < 1.29 is 28.7 Å². The highest BCUT2D eigenvalue weighted by Crippen LogP contribution is 2.30. The van der Waals surface area contributed by atoms with Crippen LogP contribution < -0.4 is 30.7 Å². The second-order valence-electron chi connectivity index (χ2n) is 9.98. The number of methoxy groups -OCH3 is 1. The molecule has 2 aliphatic heterocycles. The molecule has 0 aliphatic carbocycles. The van der Waals surface area contributed by atoms with Gasteiger partial charge in [-0.3, -0.25) is 14.4 Å². The van der Waals surface area contributed by atoms with E-state index in [-0.39, 0.29) is 30.2 Å². The number of ether oxygens (including phenoxy) is 2. The maximum Gasteiger partial charge on any atom is 0.315 e. The average molecular weight is 530 g/mol. The van der Waals surface area contributed by atoms with Crippen molar-refractivity contribution in [3.05, 3.63) is 30.0 Å². The number of nitrogens with one attached hydrogen (secondary N) is 4. The highest BCUT2D eigenvalue weighted by Gasteiger charge is 2.47. The van der Waals surface area contributed by atoms with Crippen LogP contribution in [0.4, 0.5) is 4.79 Å². The summed E-state index contributed by atoms with van der Waals surface area (Å²) in [6, 6.07) is 2.06. The van der Waals surface area contributed by atoms with E-state index in [1.807, 2.05) is 27.7 Å². The molecule has 5 atom stereocenters. The predicted octanol–water partition coefficient (Wildman–Crippen LogP) is 1.63. The first-order valence-electron chi connectivity index (χ1n) is 13.0. The summed E-state index contributed by atoms with van der Waals surface area (Å²) < 4.78 is 11.7. The number of nitrogens with zero attached hydrogens (tertiary/aromatic N) is 1. The summed E-state index contributed by atoms with van der Waals surface area (Å²) in [5.41, 5.74) is 0.682. The van der Waals surface area contributed by atoms with Gasteiger partial charge in [-0.05, 0) is 36.1 Å². The van der Waals surface area contributed by atoms with E-state index in [0.717, 1.165) is 0 Å². The summed E-state index contributed by atoms with van der Waals surface area (Å²) in [5.74, 6) is -0.557. The highest BCUT2D eigenvalue weighted by molar-refractivity contribution is 5.95. The van der Waals surface area contributed by atoms with Gasteiger partial charge in [-0.25, -0.2) is 4.79 Å². The Kier molecular flexibility index (Phi) is 9.60. The number of amides is 5. The van der Waals surface area contributed by atoms with Crippen molar-refractivity contribution in [2.75, 3.05) is 20.7 Å². The summed E-state index contributed by atoms with van der Waals surface area (Å²) in [5, 5.41) is 10.8. The molecule has 11 nitrogen and oxygen atoms in total. The van der Waals surface area contributed by atoms with Crippen LogP contribution in [-0.2, 0) is 14.4 Å². The second kappa shape index (κ2) is 12.7. The topological polar surface area (TPSA) is 138 Å². The quantitative estimate of drug-likeness (QED) is 0.442. The van der Waals surface area contributed by atoms with E-state index in [1.54, 1.807) is 31.4 Å². The maximum absolute atomic E-state index is 13.8. The zero-order valence-corrected chi connectivity index (χ0v) is 22.9. The van der Waals surface area contributed by atoms with Gasteiger partial charge in [0.15, 0.2) is 0 Å². The Bertz CT molecular complexity index is 1070. The van der Waals surface area contributed by atoms with E-state index in [1.165, 1.54) is 18.1 Å². The van der Waals surface area contributed by atoms with Gasteiger partial charge in [-0.15, -0.1) is 0 Å². The monoisotopic (exact) mass is 529 g/mol. The lowest BCUT2D eigenvalue weighted by Gasteiger charge is -2.33. The molecule has 11 heteroatoms. The molecular weight excluding hydrogens is 490 g/mol. The fourth-order valence-electron chi connectivity index (χ4n) is 4.69. The van der Waals surface area contributed by atoms with Crippen molar-refractivity contribution in [1.82, 2.24) is 26.2 Å². The number of rotatable bonds is 6. The van der Waals surface area contributed by atoms with Crippen LogP contribution in [0.15, 0.2) is 24.4 Å². The molecule has 38 heavy (non-hydrogen) atoms. The van der Waals surface area contributed by atoms with E-state index >= 15 is 0 Å². The Morgan fingerprint density at radius 3 is 2.58 bits per heavy atom.